The minimum Gasteiger partial charge on any atom is -0.343 e. The van der Waals surface area contributed by atoms with E-state index in [1.807, 2.05) is 4.90 Å². The molecule has 1 aliphatic heterocycles. The number of hydrogen-bond acceptors (Lipinski definition) is 3. The minimum atomic E-state index is 0.280. The highest BCUT2D eigenvalue weighted by Gasteiger charge is 2.28. The molecule has 2 heterocycles. The number of nitrogens with zero attached hydrogens (tertiary/aromatic N) is 3. The van der Waals surface area contributed by atoms with Gasteiger partial charge < -0.3 is 9.80 Å². The molecule has 4 heteroatoms. The number of likely N-dealkylation sites (tertiary alicyclic amines) is 1. The first-order chi connectivity index (χ1) is 10.4. The quantitative estimate of drug-likeness (QED) is 0.839. The molecule has 0 spiro atoms. The van der Waals surface area contributed by atoms with Crippen LogP contribution in [0.3, 0.4) is 0 Å². The largest absolute Gasteiger partial charge is 0.343 e. The number of pyridine rings is 1. The van der Waals surface area contributed by atoms with Gasteiger partial charge in [-0.2, -0.15) is 0 Å². The fraction of sp³-hybridized carbons (Fsp3) is 0.667. The topological polar surface area (TPSA) is 36.4 Å². The van der Waals surface area contributed by atoms with Crippen molar-refractivity contribution < 1.29 is 4.79 Å². The lowest BCUT2D eigenvalue weighted by molar-refractivity contribution is -0.133. The van der Waals surface area contributed by atoms with E-state index in [1.165, 1.54) is 5.56 Å². The Kier molecular flexibility index (Phi) is 5.57. The van der Waals surface area contributed by atoms with Crippen LogP contribution in [-0.2, 0) is 11.3 Å². The van der Waals surface area contributed by atoms with E-state index in [0.29, 0.717) is 18.3 Å². The van der Waals surface area contributed by atoms with Crippen LogP contribution in [0.4, 0.5) is 0 Å². The zero-order valence-electron chi connectivity index (χ0n) is 14.6. The second kappa shape index (κ2) is 7.23. The zero-order valence-corrected chi connectivity index (χ0v) is 14.6. The standard InChI is InChI=1S/C18H29N3O/c1-6-21-10-9-14(11-18(21)22)15-7-8-16(13(2)3)19-17(15)12-20(4)5/h7-8,13-14H,6,9-12H2,1-5H3/t14-/m0/s1. The van der Waals surface area contributed by atoms with Crippen molar-refractivity contribution in [1.29, 1.82) is 0 Å². The molecular formula is C18H29N3O. The summed E-state index contributed by atoms with van der Waals surface area (Å²) in [4.78, 5) is 21.2. The maximum Gasteiger partial charge on any atom is 0.223 e. The van der Waals surface area contributed by atoms with Crippen molar-refractivity contribution in [2.75, 3.05) is 27.2 Å². The fourth-order valence-electron chi connectivity index (χ4n) is 3.13. The first-order valence-electron chi connectivity index (χ1n) is 8.34. The molecule has 1 fully saturated rings. The molecule has 0 radical (unpaired) electrons. The van der Waals surface area contributed by atoms with E-state index in [0.717, 1.165) is 37.4 Å². The summed E-state index contributed by atoms with van der Waals surface area (Å²) in [7, 11) is 4.14. The highest BCUT2D eigenvalue weighted by atomic mass is 16.2. The minimum absolute atomic E-state index is 0.280. The highest BCUT2D eigenvalue weighted by molar-refractivity contribution is 5.78. The molecule has 1 amide bonds. The van der Waals surface area contributed by atoms with Gasteiger partial charge in [0.15, 0.2) is 0 Å². The Hall–Kier alpha value is -1.42. The van der Waals surface area contributed by atoms with Crippen LogP contribution in [0.2, 0.25) is 0 Å². The summed E-state index contributed by atoms with van der Waals surface area (Å²) in [5.41, 5.74) is 3.54. The first-order valence-corrected chi connectivity index (χ1v) is 8.34. The summed E-state index contributed by atoms with van der Waals surface area (Å²) < 4.78 is 0. The fourth-order valence-corrected chi connectivity index (χ4v) is 3.13. The number of rotatable bonds is 5. The summed E-state index contributed by atoms with van der Waals surface area (Å²) in [5, 5.41) is 0. The average molecular weight is 303 g/mol. The van der Waals surface area contributed by atoms with Crippen LogP contribution in [0, 0.1) is 0 Å². The Morgan fingerprint density at radius 3 is 2.64 bits per heavy atom. The van der Waals surface area contributed by atoms with E-state index >= 15 is 0 Å². The molecule has 0 aromatic carbocycles. The third-order valence-corrected chi connectivity index (χ3v) is 4.43. The molecule has 1 saturated heterocycles. The maximum atomic E-state index is 12.2. The SMILES string of the molecule is CCN1CC[C@H](c2ccc(C(C)C)nc2CN(C)C)CC1=O. The van der Waals surface area contributed by atoms with Crippen molar-refractivity contribution >= 4 is 5.91 Å². The number of aromatic nitrogens is 1. The Balaban J connectivity index is 2.27. The summed E-state index contributed by atoms with van der Waals surface area (Å²) in [6.07, 6.45) is 1.67. The van der Waals surface area contributed by atoms with E-state index in [-0.39, 0.29) is 5.91 Å². The maximum absolute atomic E-state index is 12.2. The Morgan fingerprint density at radius 2 is 2.09 bits per heavy atom. The molecule has 122 valence electrons. The molecule has 0 unspecified atom stereocenters. The molecule has 1 aliphatic rings. The van der Waals surface area contributed by atoms with Gasteiger partial charge in [-0.15, -0.1) is 0 Å². The molecule has 4 nitrogen and oxygen atoms in total. The molecule has 0 bridgehead atoms. The van der Waals surface area contributed by atoms with Crippen LogP contribution in [0.15, 0.2) is 12.1 Å². The van der Waals surface area contributed by atoms with Crippen LogP contribution in [0.25, 0.3) is 0 Å². The highest BCUT2D eigenvalue weighted by Crippen LogP contribution is 2.31. The smallest absolute Gasteiger partial charge is 0.223 e. The predicted molar refractivity (Wildman–Crippen MR) is 89.9 cm³/mol. The lowest BCUT2D eigenvalue weighted by atomic mass is 9.87. The third kappa shape index (κ3) is 3.86. The number of piperidine rings is 1. The molecule has 1 atom stereocenters. The van der Waals surface area contributed by atoms with Gasteiger partial charge in [0.05, 0.1) is 5.69 Å². The third-order valence-electron chi connectivity index (χ3n) is 4.43. The van der Waals surface area contributed by atoms with Crippen molar-refractivity contribution in [1.82, 2.24) is 14.8 Å². The monoisotopic (exact) mass is 303 g/mol. The van der Waals surface area contributed by atoms with E-state index in [9.17, 15) is 4.79 Å². The Bertz CT molecular complexity index is 525. The van der Waals surface area contributed by atoms with E-state index < -0.39 is 0 Å². The lowest BCUT2D eigenvalue weighted by Crippen LogP contribution is -2.38. The van der Waals surface area contributed by atoms with Crippen LogP contribution >= 0.6 is 0 Å². The molecule has 0 aliphatic carbocycles. The summed E-state index contributed by atoms with van der Waals surface area (Å²) in [6, 6.07) is 4.34. The van der Waals surface area contributed by atoms with Gasteiger partial charge in [-0.25, -0.2) is 0 Å². The van der Waals surface area contributed by atoms with Gasteiger partial charge in [-0.1, -0.05) is 19.9 Å². The molecule has 0 saturated carbocycles. The van der Waals surface area contributed by atoms with Crippen LogP contribution in [0.1, 0.15) is 62.4 Å². The van der Waals surface area contributed by atoms with Gasteiger partial charge in [0, 0.05) is 31.7 Å². The Labute approximate surface area is 134 Å². The van der Waals surface area contributed by atoms with E-state index in [1.54, 1.807) is 0 Å². The van der Waals surface area contributed by atoms with Gasteiger partial charge in [-0.3, -0.25) is 9.78 Å². The number of amides is 1. The second-order valence-corrected chi connectivity index (χ2v) is 6.83. The zero-order chi connectivity index (χ0) is 16.3. The molecule has 2 rings (SSSR count). The normalized spacial score (nSPS) is 19.3. The number of carbonyl (C=O) groups excluding carboxylic acids is 1. The van der Waals surface area contributed by atoms with Gasteiger partial charge in [0.2, 0.25) is 5.91 Å². The van der Waals surface area contributed by atoms with E-state index in [4.69, 9.17) is 4.98 Å². The van der Waals surface area contributed by atoms with Crippen molar-refractivity contribution in [2.24, 2.45) is 0 Å². The van der Waals surface area contributed by atoms with Crippen LogP contribution < -0.4 is 0 Å². The van der Waals surface area contributed by atoms with Crippen LogP contribution in [-0.4, -0.2) is 47.9 Å². The lowest BCUT2D eigenvalue weighted by Gasteiger charge is -2.32. The Morgan fingerprint density at radius 1 is 1.36 bits per heavy atom. The summed E-state index contributed by atoms with van der Waals surface area (Å²) in [5.74, 6) is 1.03. The molecule has 22 heavy (non-hydrogen) atoms. The van der Waals surface area contributed by atoms with Crippen LogP contribution in [0.5, 0.6) is 0 Å². The van der Waals surface area contributed by atoms with E-state index in [2.05, 4.69) is 51.9 Å². The van der Waals surface area contributed by atoms with Gasteiger partial charge in [0.25, 0.3) is 0 Å². The van der Waals surface area contributed by atoms with Gasteiger partial charge in [0.1, 0.15) is 0 Å². The molecule has 1 aromatic heterocycles. The summed E-state index contributed by atoms with van der Waals surface area (Å²) in [6.45, 7) is 8.91. The predicted octanol–water partition coefficient (Wildman–Crippen LogP) is 2.99. The van der Waals surface area contributed by atoms with Gasteiger partial charge in [-0.05, 0) is 50.9 Å². The van der Waals surface area contributed by atoms with Crippen molar-refractivity contribution in [3.8, 4) is 0 Å². The first kappa shape index (κ1) is 16.9. The molecule has 0 N–H and O–H groups in total. The average Bonchev–Trinajstić information content (AvgIpc) is 2.46. The molecule has 1 aromatic rings. The van der Waals surface area contributed by atoms with Crippen molar-refractivity contribution in [3.05, 3.63) is 29.1 Å². The molecular weight excluding hydrogens is 274 g/mol. The number of carbonyl (C=O) groups is 1. The van der Waals surface area contributed by atoms with Gasteiger partial charge >= 0.3 is 0 Å². The van der Waals surface area contributed by atoms with Crippen molar-refractivity contribution in [2.45, 2.75) is 52.0 Å². The second-order valence-electron chi connectivity index (χ2n) is 6.83. The summed E-state index contributed by atoms with van der Waals surface area (Å²) >= 11 is 0. The van der Waals surface area contributed by atoms with Crippen molar-refractivity contribution in [3.63, 3.8) is 0 Å². The number of hydrogen-bond donors (Lipinski definition) is 0.